The molecule has 3 fully saturated rings. The van der Waals surface area contributed by atoms with Crippen LogP contribution in [0.4, 0.5) is 5.82 Å². The molecule has 3 aromatic rings. The number of ketones is 1. The number of aliphatic hydroxyl groups excluding tert-OH is 1. The molecule has 1 aromatic heterocycles. The summed E-state index contributed by atoms with van der Waals surface area (Å²) in [6.45, 7) is 10.1. The lowest BCUT2D eigenvalue weighted by Gasteiger charge is -2.42. The van der Waals surface area contributed by atoms with Gasteiger partial charge in [0, 0.05) is 68.8 Å². The van der Waals surface area contributed by atoms with Crippen LogP contribution in [-0.2, 0) is 9.59 Å². The van der Waals surface area contributed by atoms with Crippen molar-refractivity contribution in [3.05, 3.63) is 89.7 Å². The summed E-state index contributed by atoms with van der Waals surface area (Å²) in [4.78, 5) is 41.9. The van der Waals surface area contributed by atoms with Crippen molar-refractivity contribution in [1.29, 1.82) is 0 Å². The molecule has 2 heterocycles. The molecule has 2 aromatic carbocycles. The monoisotopic (exact) mass is 730 g/mol. The Morgan fingerprint density at radius 3 is 2.46 bits per heavy atom. The number of piperazine rings is 1. The minimum absolute atomic E-state index is 0.0101. The highest BCUT2D eigenvalue weighted by molar-refractivity contribution is 6.20. The van der Waals surface area contributed by atoms with E-state index >= 15 is 0 Å². The van der Waals surface area contributed by atoms with Gasteiger partial charge in [-0.25, -0.2) is 4.98 Å². The van der Waals surface area contributed by atoms with Crippen molar-refractivity contribution in [1.82, 2.24) is 25.1 Å². The van der Waals surface area contributed by atoms with Crippen LogP contribution in [0.5, 0.6) is 0 Å². The number of rotatable bonds is 16. The van der Waals surface area contributed by atoms with E-state index in [-0.39, 0.29) is 36.3 Å². The van der Waals surface area contributed by atoms with Crippen LogP contribution in [-0.4, -0.2) is 94.5 Å². The van der Waals surface area contributed by atoms with Gasteiger partial charge in [-0.15, -0.1) is 0 Å². The molecule has 286 valence electrons. The molecular formula is C45H58N6O3. The second kappa shape index (κ2) is 19.8. The molecular weight excluding hydrogens is 673 g/mol. The number of anilines is 1. The molecule has 1 saturated heterocycles. The van der Waals surface area contributed by atoms with Gasteiger partial charge in [0.2, 0.25) is 0 Å². The Morgan fingerprint density at radius 1 is 0.981 bits per heavy atom. The lowest BCUT2D eigenvalue weighted by atomic mass is 9.85. The maximum Gasteiger partial charge on any atom is 0.255 e. The third-order valence-corrected chi connectivity index (χ3v) is 11.5. The maximum atomic E-state index is 13.6. The van der Waals surface area contributed by atoms with E-state index in [1.807, 2.05) is 68.6 Å². The average Bonchev–Trinajstić information content (AvgIpc) is 4.03. The van der Waals surface area contributed by atoms with Crippen molar-refractivity contribution in [3.8, 4) is 11.8 Å². The van der Waals surface area contributed by atoms with E-state index in [9.17, 15) is 14.7 Å². The van der Waals surface area contributed by atoms with E-state index in [0.717, 1.165) is 46.7 Å². The number of nitrogens with one attached hydrogen (secondary N) is 2. The zero-order chi connectivity index (χ0) is 37.7. The Morgan fingerprint density at radius 2 is 1.76 bits per heavy atom. The van der Waals surface area contributed by atoms with Gasteiger partial charge in [-0.2, -0.15) is 0 Å². The number of benzene rings is 2. The second-order valence-electron chi connectivity index (χ2n) is 15.3. The van der Waals surface area contributed by atoms with Gasteiger partial charge >= 0.3 is 0 Å². The van der Waals surface area contributed by atoms with Crippen molar-refractivity contribution >= 4 is 28.5 Å². The molecule has 1 aliphatic heterocycles. The van der Waals surface area contributed by atoms with Gasteiger partial charge in [0.15, 0.2) is 5.78 Å². The van der Waals surface area contributed by atoms with Crippen LogP contribution >= 0.6 is 0 Å². The van der Waals surface area contributed by atoms with E-state index in [4.69, 9.17) is 4.98 Å². The minimum Gasteiger partial charge on any atom is -0.396 e. The average molecular weight is 731 g/mol. The molecule has 2 atom stereocenters. The fourth-order valence-corrected chi connectivity index (χ4v) is 7.99. The van der Waals surface area contributed by atoms with Gasteiger partial charge in [-0.3, -0.25) is 19.5 Å². The Balaban J connectivity index is 0.987. The van der Waals surface area contributed by atoms with Gasteiger partial charge in [0.05, 0.1) is 29.3 Å². The summed E-state index contributed by atoms with van der Waals surface area (Å²) in [5, 5.41) is 16.5. The number of amides is 1. The van der Waals surface area contributed by atoms with E-state index < -0.39 is 5.91 Å². The first-order chi connectivity index (χ1) is 26.4. The molecule has 2 saturated carbocycles. The van der Waals surface area contributed by atoms with Crippen molar-refractivity contribution in [2.24, 2.45) is 11.8 Å². The molecule has 54 heavy (non-hydrogen) atoms. The highest BCUT2D eigenvalue weighted by Gasteiger charge is 2.31. The first kappa shape index (κ1) is 39.3. The van der Waals surface area contributed by atoms with E-state index in [1.54, 1.807) is 18.2 Å². The third kappa shape index (κ3) is 11.1. The normalized spacial score (nSPS) is 21.0. The van der Waals surface area contributed by atoms with Gasteiger partial charge in [0.1, 0.15) is 5.82 Å². The zero-order valence-corrected chi connectivity index (χ0v) is 32.2. The largest absolute Gasteiger partial charge is 0.396 e. The van der Waals surface area contributed by atoms with Crippen LogP contribution < -0.4 is 10.6 Å². The zero-order valence-electron chi connectivity index (χ0n) is 32.2. The number of carbonyl (C=O) groups excluding carboxylic acids is 2. The molecule has 0 bridgehead atoms. The van der Waals surface area contributed by atoms with E-state index in [1.165, 1.54) is 58.4 Å². The van der Waals surface area contributed by atoms with Crippen LogP contribution in [0.3, 0.4) is 0 Å². The molecule has 1 amide bonds. The molecule has 2 unspecified atom stereocenters. The fraction of sp³-hybridized carbons (Fsp3) is 0.511. The predicted octanol–water partition coefficient (Wildman–Crippen LogP) is 6.50. The fourth-order valence-electron chi connectivity index (χ4n) is 7.99. The summed E-state index contributed by atoms with van der Waals surface area (Å²) in [6.07, 6.45) is 16.3. The molecule has 9 nitrogen and oxygen atoms in total. The van der Waals surface area contributed by atoms with Gasteiger partial charge in [-0.1, -0.05) is 61.2 Å². The number of allylic oxidation sites excluding steroid dienone is 3. The second-order valence-corrected chi connectivity index (χ2v) is 15.3. The number of hydrogen-bond donors (Lipinski definition) is 3. The first-order valence-corrected chi connectivity index (χ1v) is 20.2. The molecule has 3 aliphatic rings. The summed E-state index contributed by atoms with van der Waals surface area (Å²) in [5.41, 5.74) is 3.54. The van der Waals surface area contributed by atoms with Crippen LogP contribution in [0.25, 0.3) is 11.0 Å². The van der Waals surface area contributed by atoms with E-state index in [2.05, 4.69) is 37.3 Å². The summed E-state index contributed by atoms with van der Waals surface area (Å²) >= 11 is 0. The molecule has 2 aliphatic carbocycles. The number of Topliss-reactive ketones (excluding diaryl/α,β-unsaturated/α-hetero) is 1. The number of fused-ring (bicyclic) bond motifs is 1. The highest BCUT2D eigenvalue weighted by atomic mass is 16.3. The Labute approximate surface area is 321 Å². The summed E-state index contributed by atoms with van der Waals surface area (Å²) in [6, 6.07) is 16.7. The minimum atomic E-state index is -0.437. The lowest BCUT2D eigenvalue weighted by molar-refractivity contribution is -0.124. The molecule has 0 spiro atoms. The predicted molar refractivity (Wildman–Crippen MR) is 217 cm³/mol. The Hall–Kier alpha value is -4.36. The quantitative estimate of drug-likeness (QED) is 0.0504. The Bertz CT molecular complexity index is 1810. The number of carbonyl (C=O) groups is 2. The van der Waals surface area contributed by atoms with Crippen molar-refractivity contribution in [2.45, 2.75) is 89.6 Å². The molecule has 9 heteroatoms. The van der Waals surface area contributed by atoms with E-state index in [0.29, 0.717) is 31.3 Å². The first-order valence-electron chi connectivity index (χ1n) is 20.2. The number of aliphatic hydroxyl groups is 1. The molecule has 0 radical (unpaired) electrons. The maximum absolute atomic E-state index is 13.6. The number of hydrogen-bond acceptors (Lipinski definition) is 8. The topological polar surface area (TPSA) is 111 Å². The smallest absolute Gasteiger partial charge is 0.255 e. The highest BCUT2D eigenvalue weighted by Crippen LogP contribution is 2.31. The lowest BCUT2D eigenvalue weighted by Crippen LogP contribution is -2.51. The molecule has 6 rings (SSSR count). The molecule has 3 N–H and O–H groups in total. The SMILES string of the molecule is CC=CC=C(C(=O)NCC#Cc1ccc2ncc(NC3CCC(N4CCN(CC5CC5)CC4)CC3)nc2c1)C(=O)C(CC)CCC(CO)c1ccccc1. The van der Waals surface area contributed by atoms with Gasteiger partial charge in [-0.05, 0) is 100 Å². The van der Waals surface area contributed by atoms with Crippen LogP contribution in [0, 0.1) is 23.7 Å². The van der Waals surface area contributed by atoms with Crippen LogP contribution in [0.1, 0.15) is 88.7 Å². The number of nitrogens with zero attached hydrogens (tertiary/aromatic N) is 4. The Kier molecular flexibility index (Phi) is 14.4. The summed E-state index contributed by atoms with van der Waals surface area (Å²) < 4.78 is 0. The van der Waals surface area contributed by atoms with Crippen molar-refractivity contribution < 1.29 is 14.7 Å². The van der Waals surface area contributed by atoms with Gasteiger partial charge < -0.3 is 20.6 Å². The summed E-state index contributed by atoms with van der Waals surface area (Å²) in [7, 11) is 0. The van der Waals surface area contributed by atoms with Crippen LogP contribution in [0.15, 0.2) is 78.5 Å². The van der Waals surface area contributed by atoms with Crippen molar-refractivity contribution in [2.75, 3.05) is 51.2 Å². The number of aromatic nitrogens is 2. The standard InChI is InChI=1S/C45H58N6O3/c1-3-5-13-40(44(53)35(4-2)17-18-37(32-52)36-11-7-6-8-12-36)45(54)46-24-9-10-33-16-23-41-42(29-33)49-43(30-47-41)48-38-19-21-39(22-20-38)51-27-25-50(26-28-51)31-34-14-15-34/h3,5-8,11-13,16,23,29-30,34-35,37-39,52H,4,14-15,17-22,24-28,31-32H2,1-2H3,(H,46,54)(H,48,49). The third-order valence-electron chi connectivity index (χ3n) is 11.5. The van der Waals surface area contributed by atoms with Crippen LogP contribution in [0.2, 0.25) is 0 Å². The summed E-state index contributed by atoms with van der Waals surface area (Å²) in [5.74, 6) is 6.95. The van der Waals surface area contributed by atoms with Gasteiger partial charge in [0.25, 0.3) is 5.91 Å². The van der Waals surface area contributed by atoms with Crippen molar-refractivity contribution in [3.63, 3.8) is 0 Å².